The molecule has 2 aromatic heterocycles. The molecule has 4 aromatic rings. The number of nitrogens with zero attached hydrogens (tertiary/aromatic N) is 4. The summed E-state index contributed by atoms with van der Waals surface area (Å²) in [5, 5.41) is 8.41. The Morgan fingerprint density at radius 2 is 2.05 bits per heavy atom. The maximum absolute atomic E-state index is 4.59. The predicted molar refractivity (Wildman–Crippen MR) is 88.5 cm³/mol. The van der Waals surface area contributed by atoms with Crippen LogP contribution in [0.5, 0.6) is 0 Å². The first-order chi connectivity index (χ1) is 10.9. The largest absolute Gasteiger partial charge is 0.332 e. The molecule has 0 bridgehead atoms. The van der Waals surface area contributed by atoms with Gasteiger partial charge in [0.1, 0.15) is 12.7 Å². The number of anilines is 2. The maximum Gasteiger partial charge on any atom is 0.188 e. The quantitative estimate of drug-likeness (QED) is 0.625. The fourth-order valence-electron chi connectivity index (χ4n) is 2.30. The van der Waals surface area contributed by atoms with Crippen molar-refractivity contribution in [3.63, 3.8) is 0 Å². The van der Waals surface area contributed by atoms with Crippen LogP contribution >= 0.6 is 11.3 Å². The van der Waals surface area contributed by atoms with Crippen molar-refractivity contribution in [3.8, 4) is 0 Å². The lowest BCUT2D eigenvalue weighted by Gasteiger charge is -2.06. The van der Waals surface area contributed by atoms with Gasteiger partial charge < -0.3 is 5.32 Å². The lowest BCUT2D eigenvalue weighted by atomic mass is 10.2. The molecular weight excluding hydrogens is 294 g/mol. The smallest absolute Gasteiger partial charge is 0.188 e. The zero-order valence-electron chi connectivity index (χ0n) is 11.7. The van der Waals surface area contributed by atoms with E-state index in [0.29, 0.717) is 6.54 Å². The van der Waals surface area contributed by atoms with E-state index >= 15 is 0 Å². The number of hydrogen-bond donors (Lipinski definition) is 1. The summed E-state index contributed by atoms with van der Waals surface area (Å²) in [5.74, 6) is 0. The van der Waals surface area contributed by atoms with Crippen molar-refractivity contribution < 1.29 is 0 Å². The van der Waals surface area contributed by atoms with Crippen LogP contribution in [0.3, 0.4) is 0 Å². The van der Waals surface area contributed by atoms with Crippen LogP contribution in [0.15, 0.2) is 61.2 Å². The topological polar surface area (TPSA) is 55.6 Å². The van der Waals surface area contributed by atoms with Crippen LogP contribution in [-0.4, -0.2) is 19.7 Å². The Morgan fingerprint density at radius 1 is 1.09 bits per heavy atom. The van der Waals surface area contributed by atoms with E-state index in [1.54, 1.807) is 28.7 Å². The van der Waals surface area contributed by atoms with Crippen molar-refractivity contribution in [2.45, 2.75) is 6.54 Å². The van der Waals surface area contributed by atoms with Crippen molar-refractivity contribution >= 4 is 32.4 Å². The summed E-state index contributed by atoms with van der Waals surface area (Å²) in [4.78, 5) is 8.55. The van der Waals surface area contributed by atoms with Crippen molar-refractivity contribution in [1.82, 2.24) is 19.7 Å². The third kappa shape index (κ3) is 2.68. The van der Waals surface area contributed by atoms with Gasteiger partial charge in [-0.1, -0.05) is 35.6 Å². The summed E-state index contributed by atoms with van der Waals surface area (Å²) >= 11 is 1.65. The van der Waals surface area contributed by atoms with E-state index in [-0.39, 0.29) is 0 Å². The van der Waals surface area contributed by atoms with Gasteiger partial charge in [0.05, 0.1) is 16.8 Å². The summed E-state index contributed by atoms with van der Waals surface area (Å²) in [7, 11) is 0. The highest BCUT2D eigenvalue weighted by molar-refractivity contribution is 7.22. The van der Waals surface area contributed by atoms with Gasteiger partial charge in [-0.2, -0.15) is 5.10 Å². The van der Waals surface area contributed by atoms with E-state index in [1.165, 1.54) is 4.70 Å². The molecule has 0 spiro atoms. The Balaban J connectivity index is 1.57. The molecular formula is C16H13N5S. The molecule has 108 valence electrons. The van der Waals surface area contributed by atoms with Crippen LogP contribution in [0.25, 0.3) is 10.2 Å². The van der Waals surface area contributed by atoms with Crippen LogP contribution in [0.4, 0.5) is 10.8 Å². The number of rotatable bonds is 4. The normalized spacial score (nSPS) is 10.9. The molecule has 0 aliphatic heterocycles. The molecule has 2 heterocycles. The maximum atomic E-state index is 4.59. The van der Waals surface area contributed by atoms with Gasteiger partial charge in [0, 0.05) is 5.69 Å². The summed E-state index contributed by atoms with van der Waals surface area (Å²) in [6.07, 6.45) is 3.26. The van der Waals surface area contributed by atoms with Crippen molar-refractivity contribution in [1.29, 1.82) is 0 Å². The van der Waals surface area contributed by atoms with E-state index in [4.69, 9.17) is 0 Å². The fraction of sp³-hybridized carbons (Fsp3) is 0.0625. The molecule has 0 amide bonds. The van der Waals surface area contributed by atoms with E-state index < -0.39 is 0 Å². The van der Waals surface area contributed by atoms with Crippen LogP contribution < -0.4 is 5.32 Å². The molecule has 0 fully saturated rings. The minimum atomic E-state index is 0.704. The molecule has 0 atom stereocenters. The molecule has 22 heavy (non-hydrogen) atoms. The number of aromatic nitrogens is 4. The zero-order valence-corrected chi connectivity index (χ0v) is 12.5. The van der Waals surface area contributed by atoms with Gasteiger partial charge in [-0.15, -0.1) is 0 Å². The molecule has 1 N–H and O–H groups in total. The molecule has 5 nitrogen and oxygen atoms in total. The third-order valence-electron chi connectivity index (χ3n) is 3.28. The lowest BCUT2D eigenvalue weighted by molar-refractivity contribution is 0.685. The van der Waals surface area contributed by atoms with Crippen molar-refractivity contribution in [2.75, 3.05) is 5.32 Å². The van der Waals surface area contributed by atoms with Gasteiger partial charge in [-0.3, -0.25) is 0 Å². The Kier molecular flexibility index (Phi) is 3.29. The molecule has 2 aromatic carbocycles. The highest BCUT2D eigenvalue weighted by Gasteiger charge is 2.04. The highest BCUT2D eigenvalue weighted by atomic mass is 32.1. The number of benzene rings is 2. The van der Waals surface area contributed by atoms with Crippen molar-refractivity contribution in [2.24, 2.45) is 0 Å². The first-order valence-corrected chi connectivity index (χ1v) is 7.72. The number of para-hydroxylation sites is 1. The Hall–Kier alpha value is -2.73. The molecule has 0 saturated heterocycles. The zero-order chi connectivity index (χ0) is 14.8. The lowest BCUT2D eigenvalue weighted by Crippen LogP contribution is -2.00. The van der Waals surface area contributed by atoms with Gasteiger partial charge in [0.25, 0.3) is 0 Å². The molecule has 6 heteroatoms. The highest BCUT2D eigenvalue weighted by Crippen LogP contribution is 2.28. The number of thiazole rings is 1. The van der Waals surface area contributed by atoms with Gasteiger partial charge in [-0.25, -0.2) is 14.6 Å². The van der Waals surface area contributed by atoms with E-state index in [2.05, 4.69) is 38.6 Å². The first kappa shape index (κ1) is 13.0. The van der Waals surface area contributed by atoms with E-state index in [9.17, 15) is 0 Å². The average Bonchev–Trinajstić information content (AvgIpc) is 3.16. The molecule has 0 unspecified atom stereocenters. The molecule has 0 aliphatic carbocycles. The summed E-state index contributed by atoms with van der Waals surface area (Å²) in [6, 6.07) is 16.4. The van der Waals surface area contributed by atoms with Crippen LogP contribution in [-0.2, 0) is 6.54 Å². The van der Waals surface area contributed by atoms with E-state index in [1.807, 2.05) is 30.3 Å². The Labute approximate surface area is 131 Å². The van der Waals surface area contributed by atoms with Gasteiger partial charge in [0.15, 0.2) is 5.13 Å². The fourth-order valence-corrected chi connectivity index (χ4v) is 3.18. The molecule has 0 radical (unpaired) electrons. The Bertz CT molecular complexity index is 865. The first-order valence-electron chi connectivity index (χ1n) is 6.91. The minimum absolute atomic E-state index is 0.704. The molecule has 0 saturated carbocycles. The second-order valence-electron chi connectivity index (χ2n) is 4.91. The van der Waals surface area contributed by atoms with Gasteiger partial charge in [-0.05, 0) is 29.8 Å². The summed E-state index contributed by atoms with van der Waals surface area (Å²) in [5.41, 5.74) is 3.21. The number of fused-ring (bicyclic) bond motifs is 1. The average molecular weight is 307 g/mol. The van der Waals surface area contributed by atoms with Crippen molar-refractivity contribution in [3.05, 3.63) is 66.7 Å². The Morgan fingerprint density at radius 3 is 2.91 bits per heavy atom. The summed E-state index contributed by atoms with van der Waals surface area (Å²) in [6.45, 7) is 0.704. The van der Waals surface area contributed by atoms with Crippen LogP contribution in [0.2, 0.25) is 0 Å². The van der Waals surface area contributed by atoms with Crippen LogP contribution in [0, 0.1) is 0 Å². The molecule has 0 aliphatic rings. The standard InChI is InChI=1S/C16H13N5S/c1-2-7-15-14(6-1)20-16(22-15)19-13-5-3-4-12(8-13)9-21-11-17-10-18-21/h1-8,10-11H,9H2,(H,19,20). The number of nitrogens with one attached hydrogen (secondary N) is 1. The van der Waals surface area contributed by atoms with Crippen LogP contribution in [0.1, 0.15) is 5.56 Å². The van der Waals surface area contributed by atoms with E-state index in [0.717, 1.165) is 21.9 Å². The van der Waals surface area contributed by atoms with Gasteiger partial charge >= 0.3 is 0 Å². The SMILES string of the molecule is c1cc(Cn2cncn2)cc(Nc2nc3ccccc3s2)c1. The summed E-state index contributed by atoms with van der Waals surface area (Å²) < 4.78 is 2.99. The third-order valence-corrected chi connectivity index (χ3v) is 4.24. The monoisotopic (exact) mass is 307 g/mol. The van der Waals surface area contributed by atoms with Gasteiger partial charge in [0.2, 0.25) is 0 Å². The minimum Gasteiger partial charge on any atom is -0.332 e. The molecule has 4 rings (SSSR count). The number of hydrogen-bond acceptors (Lipinski definition) is 5. The second-order valence-corrected chi connectivity index (χ2v) is 5.94. The predicted octanol–water partition coefficient (Wildman–Crippen LogP) is 3.68. The second kappa shape index (κ2) is 5.57.